The second-order valence-corrected chi connectivity index (χ2v) is 8.12. The lowest BCUT2D eigenvalue weighted by atomic mass is 9.88. The van der Waals surface area contributed by atoms with Crippen LogP contribution in [0.3, 0.4) is 0 Å². The zero-order valence-electron chi connectivity index (χ0n) is 18.8. The van der Waals surface area contributed by atoms with Crippen LogP contribution in [0.4, 0.5) is 0 Å². The standard InChI is InChI=1S/C27H31N3O3/c1-19(20-14-16-23(31)17-15-20)30(24(26(29)32)13-8-18-28)27(33)25(21-9-4-2-5-10-21)22-11-6-3-7-12-22/h2-7,9-12,14-17,19,24-25,31H,8,13,18,28H2,1H3,(H2,29,32)/t19-,24+/m1/s1. The van der Waals surface area contributed by atoms with E-state index < -0.39 is 23.9 Å². The monoisotopic (exact) mass is 445 g/mol. The molecule has 0 saturated heterocycles. The molecule has 172 valence electrons. The van der Waals surface area contributed by atoms with Gasteiger partial charge in [0.1, 0.15) is 11.8 Å². The second kappa shape index (κ2) is 11.3. The summed E-state index contributed by atoms with van der Waals surface area (Å²) in [7, 11) is 0. The zero-order chi connectivity index (χ0) is 23.8. The highest BCUT2D eigenvalue weighted by Crippen LogP contribution is 2.33. The first-order valence-electron chi connectivity index (χ1n) is 11.1. The Morgan fingerprint density at radius 1 is 0.848 bits per heavy atom. The van der Waals surface area contributed by atoms with E-state index in [0.717, 1.165) is 16.7 Å². The molecule has 0 aliphatic carbocycles. The number of hydrogen-bond acceptors (Lipinski definition) is 4. The number of amides is 2. The molecule has 2 atom stereocenters. The number of benzene rings is 3. The van der Waals surface area contributed by atoms with Crippen LogP contribution in [0, 0.1) is 0 Å². The largest absolute Gasteiger partial charge is 0.508 e. The average Bonchev–Trinajstić information content (AvgIpc) is 2.83. The molecular formula is C27H31N3O3. The highest BCUT2D eigenvalue weighted by Gasteiger charge is 2.37. The number of aromatic hydroxyl groups is 1. The van der Waals surface area contributed by atoms with Gasteiger partial charge in [-0.15, -0.1) is 0 Å². The van der Waals surface area contributed by atoms with Crippen LogP contribution in [0.15, 0.2) is 84.9 Å². The highest BCUT2D eigenvalue weighted by atomic mass is 16.3. The first-order valence-corrected chi connectivity index (χ1v) is 11.1. The molecule has 2 amide bonds. The Balaban J connectivity index is 2.12. The highest BCUT2D eigenvalue weighted by molar-refractivity contribution is 5.92. The Hall–Kier alpha value is -3.64. The Morgan fingerprint density at radius 3 is 1.82 bits per heavy atom. The van der Waals surface area contributed by atoms with Crippen LogP contribution >= 0.6 is 0 Å². The summed E-state index contributed by atoms with van der Waals surface area (Å²) in [4.78, 5) is 28.4. The van der Waals surface area contributed by atoms with Crippen molar-refractivity contribution in [1.29, 1.82) is 0 Å². The van der Waals surface area contributed by atoms with Gasteiger partial charge in [0.15, 0.2) is 0 Å². The van der Waals surface area contributed by atoms with Gasteiger partial charge in [0.25, 0.3) is 0 Å². The van der Waals surface area contributed by atoms with Crippen LogP contribution in [0.5, 0.6) is 5.75 Å². The summed E-state index contributed by atoms with van der Waals surface area (Å²) in [5, 5.41) is 9.72. The van der Waals surface area contributed by atoms with Gasteiger partial charge >= 0.3 is 0 Å². The maximum Gasteiger partial charge on any atom is 0.240 e. The molecule has 0 aliphatic heterocycles. The lowest BCUT2D eigenvalue weighted by Gasteiger charge is -2.38. The summed E-state index contributed by atoms with van der Waals surface area (Å²) in [5.41, 5.74) is 14.0. The van der Waals surface area contributed by atoms with Gasteiger partial charge in [-0.05, 0) is 55.1 Å². The maximum absolute atomic E-state index is 14.3. The van der Waals surface area contributed by atoms with E-state index in [-0.39, 0.29) is 11.7 Å². The van der Waals surface area contributed by atoms with E-state index in [4.69, 9.17) is 11.5 Å². The number of hydrogen-bond donors (Lipinski definition) is 3. The third kappa shape index (κ3) is 5.79. The van der Waals surface area contributed by atoms with Crippen LogP contribution in [0.25, 0.3) is 0 Å². The number of nitrogens with two attached hydrogens (primary N) is 2. The molecule has 3 aromatic rings. The second-order valence-electron chi connectivity index (χ2n) is 8.12. The molecule has 0 aromatic heterocycles. The third-order valence-corrected chi connectivity index (χ3v) is 5.91. The Bertz CT molecular complexity index is 1000. The predicted octanol–water partition coefficient (Wildman–Crippen LogP) is 3.71. The first kappa shape index (κ1) is 24.0. The van der Waals surface area contributed by atoms with E-state index in [0.29, 0.717) is 19.4 Å². The quantitative estimate of drug-likeness (QED) is 0.442. The Morgan fingerprint density at radius 2 is 1.36 bits per heavy atom. The van der Waals surface area contributed by atoms with E-state index in [1.165, 1.54) is 0 Å². The number of primary amides is 1. The zero-order valence-corrected chi connectivity index (χ0v) is 18.8. The summed E-state index contributed by atoms with van der Waals surface area (Å²) < 4.78 is 0. The van der Waals surface area contributed by atoms with E-state index in [9.17, 15) is 14.7 Å². The van der Waals surface area contributed by atoms with Crippen LogP contribution < -0.4 is 11.5 Å². The van der Waals surface area contributed by atoms with Crippen LogP contribution in [0.1, 0.15) is 48.4 Å². The molecule has 3 rings (SSSR count). The van der Waals surface area contributed by atoms with E-state index in [1.54, 1.807) is 29.2 Å². The molecule has 33 heavy (non-hydrogen) atoms. The molecule has 0 aliphatic rings. The van der Waals surface area contributed by atoms with Crippen LogP contribution in [0.2, 0.25) is 0 Å². The average molecular weight is 446 g/mol. The molecular weight excluding hydrogens is 414 g/mol. The Labute approximate surface area is 194 Å². The molecule has 3 aromatic carbocycles. The van der Waals surface area contributed by atoms with Gasteiger partial charge < -0.3 is 21.5 Å². The van der Waals surface area contributed by atoms with Crippen molar-refractivity contribution in [3.05, 3.63) is 102 Å². The van der Waals surface area contributed by atoms with Gasteiger partial charge in [-0.1, -0.05) is 72.8 Å². The van der Waals surface area contributed by atoms with Crippen molar-refractivity contribution in [3.8, 4) is 5.75 Å². The summed E-state index contributed by atoms with van der Waals surface area (Å²) in [6.07, 6.45) is 0.928. The van der Waals surface area contributed by atoms with Crippen molar-refractivity contribution >= 4 is 11.8 Å². The minimum absolute atomic E-state index is 0.129. The fourth-order valence-corrected chi connectivity index (χ4v) is 4.18. The van der Waals surface area contributed by atoms with Crippen molar-refractivity contribution in [2.24, 2.45) is 11.5 Å². The SMILES string of the molecule is C[C@H](c1ccc(O)cc1)N(C(=O)C(c1ccccc1)c1ccccc1)[C@@H](CCCN)C(N)=O. The molecule has 0 radical (unpaired) electrons. The molecule has 5 N–H and O–H groups in total. The van der Waals surface area contributed by atoms with Gasteiger partial charge in [-0.25, -0.2) is 0 Å². The molecule has 0 saturated carbocycles. The molecule has 0 spiro atoms. The molecule has 6 heteroatoms. The van der Waals surface area contributed by atoms with Crippen molar-refractivity contribution in [2.75, 3.05) is 6.54 Å². The van der Waals surface area contributed by atoms with Crippen molar-refractivity contribution in [1.82, 2.24) is 4.90 Å². The third-order valence-electron chi connectivity index (χ3n) is 5.91. The van der Waals surface area contributed by atoms with Gasteiger partial charge in [-0.2, -0.15) is 0 Å². The molecule has 0 unspecified atom stereocenters. The lowest BCUT2D eigenvalue weighted by Crippen LogP contribution is -2.50. The number of rotatable bonds is 10. The van der Waals surface area contributed by atoms with Crippen molar-refractivity contribution < 1.29 is 14.7 Å². The van der Waals surface area contributed by atoms with E-state index >= 15 is 0 Å². The van der Waals surface area contributed by atoms with Crippen LogP contribution in [-0.4, -0.2) is 34.4 Å². The van der Waals surface area contributed by atoms with E-state index in [2.05, 4.69) is 0 Å². The van der Waals surface area contributed by atoms with E-state index in [1.807, 2.05) is 67.6 Å². The molecule has 0 bridgehead atoms. The summed E-state index contributed by atoms with van der Waals surface area (Å²) in [6, 6.07) is 24.4. The normalized spacial score (nSPS) is 12.8. The van der Waals surface area contributed by atoms with Gasteiger partial charge in [0.05, 0.1) is 12.0 Å². The van der Waals surface area contributed by atoms with Crippen LogP contribution in [-0.2, 0) is 9.59 Å². The molecule has 0 fully saturated rings. The minimum atomic E-state index is -0.820. The number of carbonyl (C=O) groups is 2. The van der Waals surface area contributed by atoms with Gasteiger partial charge in [-0.3, -0.25) is 9.59 Å². The smallest absolute Gasteiger partial charge is 0.240 e. The van der Waals surface area contributed by atoms with Crippen molar-refractivity contribution in [2.45, 2.75) is 37.8 Å². The van der Waals surface area contributed by atoms with Crippen molar-refractivity contribution in [3.63, 3.8) is 0 Å². The number of carbonyl (C=O) groups excluding carboxylic acids is 2. The summed E-state index contributed by atoms with van der Waals surface area (Å²) >= 11 is 0. The summed E-state index contributed by atoms with van der Waals surface area (Å²) in [6.45, 7) is 2.26. The first-order chi connectivity index (χ1) is 15.9. The maximum atomic E-state index is 14.3. The fraction of sp³-hybridized carbons (Fsp3) is 0.259. The van der Waals surface area contributed by atoms with Gasteiger partial charge in [0.2, 0.25) is 11.8 Å². The molecule has 0 heterocycles. The fourth-order valence-electron chi connectivity index (χ4n) is 4.18. The molecule has 6 nitrogen and oxygen atoms in total. The number of phenols is 1. The number of phenolic OH excluding ortho intramolecular Hbond substituents is 1. The van der Waals surface area contributed by atoms with Gasteiger partial charge in [0, 0.05) is 0 Å². The summed E-state index contributed by atoms with van der Waals surface area (Å²) in [5.74, 6) is -1.26. The minimum Gasteiger partial charge on any atom is -0.508 e. The lowest BCUT2D eigenvalue weighted by molar-refractivity contribution is -0.142. The Kier molecular flexibility index (Phi) is 8.22. The predicted molar refractivity (Wildman–Crippen MR) is 129 cm³/mol. The topological polar surface area (TPSA) is 110 Å². The number of nitrogens with zero attached hydrogens (tertiary/aromatic N) is 1.